The first-order valence-electron chi connectivity index (χ1n) is 11.8. The van der Waals surface area contributed by atoms with E-state index in [4.69, 9.17) is 0 Å². The summed E-state index contributed by atoms with van der Waals surface area (Å²) >= 11 is 3.83. The lowest BCUT2D eigenvalue weighted by atomic mass is 9.81. The second-order valence-electron chi connectivity index (χ2n) is 9.01. The predicted octanol–water partition coefficient (Wildman–Crippen LogP) is 7.63. The monoisotopic (exact) mass is 552 g/mol. The van der Waals surface area contributed by atoms with Crippen LogP contribution in [0.15, 0.2) is 120 Å². The van der Waals surface area contributed by atoms with E-state index < -0.39 is 0 Å². The Labute approximate surface area is 223 Å². The van der Waals surface area contributed by atoms with Gasteiger partial charge in [-0.1, -0.05) is 76.6 Å². The topological polar surface area (TPSA) is 80.9 Å². The van der Waals surface area contributed by atoms with Crippen LogP contribution in [0.25, 0.3) is 0 Å². The molecule has 0 aliphatic carbocycles. The van der Waals surface area contributed by atoms with Crippen LogP contribution in [0.4, 0.5) is 0 Å². The summed E-state index contributed by atoms with van der Waals surface area (Å²) < 4.78 is 0.915. The van der Waals surface area contributed by atoms with Gasteiger partial charge in [-0.3, -0.25) is 0 Å². The van der Waals surface area contributed by atoms with Gasteiger partial charge in [0.15, 0.2) is 0 Å². The van der Waals surface area contributed by atoms with E-state index >= 15 is 0 Å². The normalized spacial score (nSPS) is 11.2. The number of phenols is 4. The fraction of sp³-hybridized carbons (Fsp3) is 0.0625. The van der Waals surface area contributed by atoms with Crippen LogP contribution in [0, 0.1) is 0 Å². The first-order chi connectivity index (χ1) is 17.9. The molecule has 0 saturated carbocycles. The van der Waals surface area contributed by atoms with Gasteiger partial charge in [-0.2, -0.15) is 0 Å². The lowest BCUT2D eigenvalue weighted by Crippen LogP contribution is -2.07. The Morgan fingerprint density at radius 2 is 0.676 bits per heavy atom. The summed E-state index contributed by atoms with van der Waals surface area (Å²) in [4.78, 5) is 0. The summed E-state index contributed by atoms with van der Waals surface area (Å²) in [6.07, 6.45) is 0. The number of phenolic OH excluding ortho intramolecular Hbond substituents is 4. The highest BCUT2D eigenvalue weighted by Crippen LogP contribution is 2.40. The minimum Gasteiger partial charge on any atom is -0.508 e. The summed E-state index contributed by atoms with van der Waals surface area (Å²) in [5.74, 6) is 0.560. The van der Waals surface area contributed by atoms with Gasteiger partial charge in [-0.25, -0.2) is 0 Å². The van der Waals surface area contributed by atoms with Crippen LogP contribution in [0.1, 0.15) is 45.2 Å². The first kappa shape index (κ1) is 24.5. The van der Waals surface area contributed by atoms with E-state index in [2.05, 4.69) is 34.1 Å². The zero-order chi connectivity index (χ0) is 25.9. The molecular weight excluding hydrogens is 528 g/mol. The molecule has 0 amide bonds. The third-order valence-corrected chi connectivity index (χ3v) is 7.26. The van der Waals surface area contributed by atoms with Crippen molar-refractivity contribution in [2.75, 3.05) is 0 Å². The molecule has 0 atom stereocenters. The highest BCUT2D eigenvalue weighted by molar-refractivity contribution is 9.10. The van der Waals surface area contributed by atoms with Crippen molar-refractivity contribution in [2.24, 2.45) is 0 Å². The molecule has 0 heterocycles. The van der Waals surface area contributed by atoms with Gasteiger partial charge in [0.1, 0.15) is 23.0 Å². The maximum Gasteiger partial charge on any atom is 0.115 e. The molecule has 0 unspecified atom stereocenters. The van der Waals surface area contributed by atoms with Crippen LogP contribution in [0.5, 0.6) is 23.0 Å². The molecule has 0 fully saturated rings. The molecular formula is C32H25BrO4. The van der Waals surface area contributed by atoms with Gasteiger partial charge in [0, 0.05) is 16.3 Å². The maximum absolute atomic E-state index is 9.85. The number of halogens is 1. The second-order valence-corrected chi connectivity index (χ2v) is 9.87. The summed E-state index contributed by atoms with van der Waals surface area (Å²) in [5.41, 5.74) is 6.11. The second kappa shape index (κ2) is 10.4. The van der Waals surface area contributed by atoms with Gasteiger partial charge in [0.2, 0.25) is 0 Å². The Kier molecular flexibility index (Phi) is 6.89. The van der Waals surface area contributed by atoms with Crippen molar-refractivity contribution in [1.82, 2.24) is 0 Å². The fourth-order valence-electron chi connectivity index (χ4n) is 4.75. The standard InChI is InChI=1S/C32H25BrO4/c33-30-19-24(31(20-1-10-25(34)11-2-20)21-3-12-26(35)13-4-21)9-18-29(30)32(22-5-14-27(36)15-6-22)23-7-16-28(37)17-8-23/h1-19,31-32,34-37H. The Morgan fingerprint density at radius 3 is 1.00 bits per heavy atom. The number of benzene rings is 5. The van der Waals surface area contributed by atoms with Crippen LogP contribution >= 0.6 is 15.9 Å². The lowest BCUT2D eigenvalue weighted by Gasteiger charge is -2.24. The van der Waals surface area contributed by atoms with Gasteiger partial charge < -0.3 is 20.4 Å². The number of aromatic hydroxyl groups is 4. The van der Waals surface area contributed by atoms with E-state index in [1.54, 1.807) is 48.5 Å². The molecule has 184 valence electrons. The minimum absolute atomic E-state index is 0.118. The number of hydrogen-bond donors (Lipinski definition) is 4. The summed E-state index contributed by atoms with van der Waals surface area (Å²) in [6.45, 7) is 0. The van der Waals surface area contributed by atoms with E-state index in [1.807, 2.05) is 48.5 Å². The lowest BCUT2D eigenvalue weighted by molar-refractivity contribution is 0.474. The molecule has 4 N–H and O–H groups in total. The predicted molar refractivity (Wildman–Crippen MR) is 148 cm³/mol. The molecule has 0 spiro atoms. The highest BCUT2D eigenvalue weighted by atomic mass is 79.9. The van der Waals surface area contributed by atoms with Crippen LogP contribution in [0.3, 0.4) is 0 Å². The average molecular weight is 553 g/mol. The minimum atomic E-state index is -0.134. The molecule has 0 bridgehead atoms. The van der Waals surface area contributed by atoms with Crippen molar-refractivity contribution in [3.63, 3.8) is 0 Å². The van der Waals surface area contributed by atoms with Gasteiger partial charge in [0.05, 0.1) is 0 Å². The zero-order valence-electron chi connectivity index (χ0n) is 19.8. The molecule has 5 rings (SSSR count). The molecule has 5 heteroatoms. The molecule has 5 aromatic rings. The molecule has 4 nitrogen and oxygen atoms in total. The molecule has 0 aliphatic heterocycles. The molecule has 0 saturated heterocycles. The van der Waals surface area contributed by atoms with Crippen molar-refractivity contribution >= 4 is 15.9 Å². The SMILES string of the molecule is Oc1ccc(C(c2ccc(O)cc2)c2ccc(C(c3ccc(O)cc3)c3ccc(O)cc3)c(Br)c2)cc1. The van der Waals surface area contributed by atoms with Crippen molar-refractivity contribution < 1.29 is 20.4 Å². The van der Waals surface area contributed by atoms with Gasteiger partial charge in [-0.05, 0) is 88.0 Å². The number of hydrogen-bond acceptors (Lipinski definition) is 4. The molecule has 5 aromatic carbocycles. The fourth-order valence-corrected chi connectivity index (χ4v) is 5.38. The Bertz CT molecular complexity index is 1400. The van der Waals surface area contributed by atoms with Crippen LogP contribution in [0.2, 0.25) is 0 Å². The Morgan fingerprint density at radius 1 is 0.378 bits per heavy atom. The third kappa shape index (κ3) is 5.32. The largest absolute Gasteiger partial charge is 0.508 e. The summed E-state index contributed by atoms with van der Waals surface area (Å²) in [6, 6.07) is 35.0. The van der Waals surface area contributed by atoms with E-state index in [0.29, 0.717) is 0 Å². The van der Waals surface area contributed by atoms with E-state index in [9.17, 15) is 20.4 Å². The van der Waals surface area contributed by atoms with Crippen molar-refractivity contribution in [3.8, 4) is 23.0 Å². The highest BCUT2D eigenvalue weighted by Gasteiger charge is 2.23. The Balaban J connectivity index is 1.62. The summed E-state index contributed by atoms with van der Waals surface area (Å²) in [5, 5.41) is 39.4. The maximum atomic E-state index is 9.85. The van der Waals surface area contributed by atoms with Crippen LogP contribution < -0.4 is 0 Å². The van der Waals surface area contributed by atoms with Crippen LogP contribution in [-0.2, 0) is 0 Å². The van der Waals surface area contributed by atoms with E-state index in [-0.39, 0.29) is 34.8 Å². The average Bonchev–Trinajstić information content (AvgIpc) is 2.90. The Hall–Kier alpha value is -4.22. The van der Waals surface area contributed by atoms with Crippen molar-refractivity contribution in [3.05, 3.63) is 153 Å². The van der Waals surface area contributed by atoms with E-state index in [0.717, 1.165) is 37.9 Å². The summed E-state index contributed by atoms with van der Waals surface area (Å²) in [7, 11) is 0. The van der Waals surface area contributed by atoms with Crippen molar-refractivity contribution in [1.29, 1.82) is 0 Å². The molecule has 0 aromatic heterocycles. The van der Waals surface area contributed by atoms with Crippen LogP contribution in [-0.4, -0.2) is 20.4 Å². The number of rotatable bonds is 6. The van der Waals surface area contributed by atoms with Crippen molar-refractivity contribution in [2.45, 2.75) is 11.8 Å². The smallest absolute Gasteiger partial charge is 0.115 e. The zero-order valence-corrected chi connectivity index (χ0v) is 21.4. The molecule has 0 radical (unpaired) electrons. The van der Waals surface area contributed by atoms with Gasteiger partial charge >= 0.3 is 0 Å². The van der Waals surface area contributed by atoms with Gasteiger partial charge in [-0.15, -0.1) is 0 Å². The molecule has 0 aliphatic rings. The first-order valence-corrected chi connectivity index (χ1v) is 12.6. The quantitative estimate of drug-likeness (QED) is 0.163. The van der Waals surface area contributed by atoms with Gasteiger partial charge in [0.25, 0.3) is 0 Å². The van der Waals surface area contributed by atoms with E-state index in [1.165, 1.54) is 0 Å². The molecule has 37 heavy (non-hydrogen) atoms. The third-order valence-electron chi connectivity index (χ3n) is 6.57.